The fourth-order valence-electron chi connectivity index (χ4n) is 3.02. The Morgan fingerprint density at radius 3 is 2.88 bits per heavy atom. The topological polar surface area (TPSA) is 54.5 Å². The molecule has 1 atom stereocenters. The molecule has 1 aliphatic heterocycles. The van der Waals surface area contributed by atoms with Crippen LogP contribution in [0.1, 0.15) is 29.5 Å². The van der Waals surface area contributed by atoms with Gasteiger partial charge in [-0.05, 0) is 42.5 Å². The Hall–Kier alpha value is -2.40. The Balaban J connectivity index is 1.68. The molecule has 1 N–H and O–H groups in total. The summed E-state index contributed by atoms with van der Waals surface area (Å²) in [6.45, 7) is 4.53. The predicted octanol–water partition coefficient (Wildman–Crippen LogP) is 3.28. The van der Waals surface area contributed by atoms with Crippen molar-refractivity contribution >= 4 is 6.03 Å². The molecular weight excluding hydrogens is 314 g/mol. The van der Waals surface area contributed by atoms with Crippen molar-refractivity contribution in [2.45, 2.75) is 39.0 Å². The maximum Gasteiger partial charge on any atom is 0.318 e. The van der Waals surface area contributed by atoms with Crippen LogP contribution in [0.15, 0.2) is 48.8 Å². The number of aryl methyl sites for hydroxylation is 1. The molecule has 2 aromatic rings. The molecule has 1 saturated heterocycles. The molecule has 0 spiro atoms. The highest BCUT2D eigenvalue weighted by atomic mass is 16.5. The number of carbonyl (C=O) groups excluding carboxylic acids is 1. The number of carbonyl (C=O) groups is 1. The van der Waals surface area contributed by atoms with Crippen molar-refractivity contribution in [1.82, 2.24) is 15.2 Å². The van der Waals surface area contributed by atoms with E-state index in [1.54, 1.807) is 12.4 Å². The van der Waals surface area contributed by atoms with Gasteiger partial charge in [0.15, 0.2) is 0 Å². The van der Waals surface area contributed by atoms with E-state index >= 15 is 0 Å². The quantitative estimate of drug-likeness (QED) is 0.879. The van der Waals surface area contributed by atoms with E-state index < -0.39 is 0 Å². The average molecular weight is 339 g/mol. The number of aromatic nitrogens is 1. The van der Waals surface area contributed by atoms with Crippen molar-refractivity contribution in [2.24, 2.45) is 0 Å². The van der Waals surface area contributed by atoms with Crippen molar-refractivity contribution in [3.8, 4) is 0 Å². The van der Waals surface area contributed by atoms with Gasteiger partial charge in [-0.3, -0.25) is 4.98 Å². The molecule has 1 aromatic heterocycles. The monoisotopic (exact) mass is 339 g/mol. The van der Waals surface area contributed by atoms with Gasteiger partial charge in [-0.15, -0.1) is 0 Å². The number of hydrogen-bond donors (Lipinski definition) is 1. The van der Waals surface area contributed by atoms with Gasteiger partial charge in [-0.25, -0.2) is 4.79 Å². The molecule has 3 rings (SSSR count). The first kappa shape index (κ1) is 17.4. The fourth-order valence-corrected chi connectivity index (χ4v) is 3.02. The minimum atomic E-state index is -0.0670. The largest absolute Gasteiger partial charge is 0.376 e. The van der Waals surface area contributed by atoms with Crippen molar-refractivity contribution < 1.29 is 9.53 Å². The van der Waals surface area contributed by atoms with E-state index in [0.29, 0.717) is 19.6 Å². The first-order chi connectivity index (χ1) is 12.2. The van der Waals surface area contributed by atoms with Crippen LogP contribution in [0.25, 0.3) is 0 Å². The molecule has 0 unspecified atom stereocenters. The number of benzene rings is 1. The maximum absolute atomic E-state index is 12.8. The molecule has 1 aromatic carbocycles. The summed E-state index contributed by atoms with van der Waals surface area (Å²) in [6.07, 6.45) is 5.78. The molecule has 2 heterocycles. The zero-order chi connectivity index (χ0) is 17.5. The normalized spacial score (nSPS) is 16.6. The molecule has 25 heavy (non-hydrogen) atoms. The number of rotatable bonds is 6. The summed E-state index contributed by atoms with van der Waals surface area (Å²) in [5.41, 5.74) is 3.35. The van der Waals surface area contributed by atoms with Gasteiger partial charge in [0.05, 0.1) is 6.10 Å². The van der Waals surface area contributed by atoms with Crippen LogP contribution < -0.4 is 5.32 Å². The summed E-state index contributed by atoms with van der Waals surface area (Å²) >= 11 is 0. The summed E-state index contributed by atoms with van der Waals surface area (Å²) in [4.78, 5) is 18.7. The van der Waals surface area contributed by atoms with Crippen LogP contribution in [-0.2, 0) is 17.8 Å². The summed E-state index contributed by atoms with van der Waals surface area (Å²) in [7, 11) is 0. The van der Waals surface area contributed by atoms with Gasteiger partial charge >= 0.3 is 6.03 Å². The second-order valence-electron chi connectivity index (χ2n) is 6.46. The zero-order valence-corrected chi connectivity index (χ0v) is 14.6. The van der Waals surface area contributed by atoms with Gasteiger partial charge in [0.2, 0.25) is 0 Å². The third-order valence-electron chi connectivity index (χ3n) is 4.51. The van der Waals surface area contributed by atoms with Crippen molar-refractivity contribution in [3.63, 3.8) is 0 Å². The molecule has 0 saturated carbocycles. The minimum Gasteiger partial charge on any atom is -0.376 e. The highest BCUT2D eigenvalue weighted by Gasteiger charge is 2.19. The number of urea groups is 1. The van der Waals surface area contributed by atoms with E-state index in [0.717, 1.165) is 30.6 Å². The average Bonchev–Trinajstić information content (AvgIpc) is 3.15. The molecule has 2 amide bonds. The first-order valence-corrected chi connectivity index (χ1v) is 8.80. The van der Waals surface area contributed by atoms with Crippen LogP contribution in [0.5, 0.6) is 0 Å². The standard InChI is InChI=1S/C20H25N3O2/c1-16-6-2-3-8-18(16)15-23(14-17-7-4-10-21-12-17)20(24)22-13-19-9-5-11-25-19/h2-4,6-8,10,12,19H,5,9,11,13-15H2,1H3,(H,22,24)/t19-/m1/s1. The summed E-state index contributed by atoms with van der Waals surface area (Å²) in [6, 6.07) is 12.0. The van der Waals surface area contributed by atoms with E-state index in [1.165, 1.54) is 5.56 Å². The van der Waals surface area contributed by atoms with Crippen LogP contribution in [0.4, 0.5) is 4.79 Å². The number of amides is 2. The molecular formula is C20H25N3O2. The van der Waals surface area contributed by atoms with E-state index in [-0.39, 0.29) is 12.1 Å². The van der Waals surface area contributed by atoms with Gasteiger partial charge in [0, 0.05) is 38.6 Å². The highest BCUT2D eigenvalue weighted by Crippen LogP contribution is 2.14. The van der Waals surface area contributed by atoms with Crippen LogP contribution in [-0.4, -0.2) is 35.2 Å². The van der Waals surface area contributed by atoms with Gasteiger partial charge in [0.25, 0.3) is 0 Å². The van der Waals surface area contributed by atoms with Crippen LogP contribution in [0.2, 0.25) is 0 Å². The molecule has 0 radical (unpaired) electrons. The van der Waals surface area contributed by atoms with E-state index in [9.17, 15) is 4.79 Å². The highest BCUT2D eigenvalue weighted by molar-refractivity contribution is 5.74. The molecule has 5 heteroatoms. The fraction of sp³-hybridized carbons (Fsp3) is 0.400. The second-order valence-corrected chi connectivity index (χ2v) is 6.46. The Morgan fingerprint density at radius 1 is 1.28 bits per heavy atom. The van der Waals surface area contributed by atoms with Crippen LogP contribution >= 0.6 is 0 Å². The van der Waals surface area contributed by atoms with Crippen LogP contribution in [0.3, 0.4) is 0 Å². The van der Waals surface area contributed by atoms with E-state index in [2.05, 4.69) is 29.4 Å². The lowest BCUT2D eigenvalue weighted by Crippen LogP contribution is -2.42. The third kappa shape index (κ3) is 5.03. The number of nitrogens with one attached hydrogen (secondary N) is 1. The van der Waals surface area contributed by atoms with Gasteiger partial charge in [-0.2, -0.15) is 0 Å². The Labute approximate surface area is 149 Å². The molecule has 1 fully saturated rings. The summed E-state index contributed by atoms with van der Waals surface area (Å²) in [5, 5.41) is 3.03. The maximum atomic E-state index is 12.8. The molecule has 0 bridgehead atoms. The lowest BCUT2D eigenvalue weighted by Gasteiger charge is -2.25. The Bertz CT molecular complexity index is 684. The van der Waals surface area contributed by atoms with Crippen molar-refractivity contribution in [2.75, 3.05) is 13.2 Å². The number of nitrogens with zero attached hydrogens (tertiary/aromatic N) is 2. The van der Waals surface area contributed by atoms with Gasteiger partial charge < -0.3 is 15.0 Å². The predicted molar refractivity (Wildman–Crippen MR) is 97.0 cm³/mol. The second kappa shape index (κ2) is 8.62. The minimum absolute atomic E-state index is 0.0670. The Morgan fingerprint density at radius 2 is 2.16 bits per heavy atom. The summed E-state index contributed by atoms with van der Waals surface area (Å²) < 4.78 is 5.60. The smallest absolute Gasteiger partial charge is 0.318 e. The van der Waals surface area contributed by atoms with Gasteiger partial charge in [0.1, 0.15) is 0 Å². The van der Waals surface area contributed by atoms with Crippen molar-refractivity contribution in [1.29, 1.82) is 0 Å². The molecule has 1 aliphatic rings. The number of pyridine rings is 1. The number of ether oxygens (including phenoxy) is 1. The molecule has 5 nitrogen and oxygen atoms in total. The SMILES string of the molecule is Cc1ccccc1CN(Cc1cccnc1)C(=O)NC[C@H]1CCCO1. The Kier molecular flexibility index (Phi) is 6.01. The first-order valence-electron chi connectivity index (χ1n) is 8.80. The molecule has 0 aliphatic carbocycles. The molecule has 132 valence electrons. The van der Waals surface area contributed by atoms with Gasteiger partial charge in [-0.1, -0.05) is 30.3 Å². The van der Waals surface area contributed by atoms with Crippen molar-refractivity contribution in [3.05, 3.63) is 65.5 Å². The van der Waals surface area contributed by atoms with E-state index in [4.69, 9.17) is 4.74 Å². The number of hydrogen-bond acceptors (Lipinski definition) is 3. The lowest BCUT2D eigenvalue weighted by molar-refractivity contribution is 0.108. The van der Waals surface area contributed by atoms with E-state index in [1.807, 2.05) is 29.2 Å². The third-order valence-corrected chi connectivity index (χ3v) is 4.51. The summed E-state index contributed by atoms with van der Waals surface area (Å²) in [5.74, 6) is 0. The van der Waals surface area contributed by atoms with Crippen LogP contribution in [0, 0.1) is 6.92 Å². The zero-order valence-electron chi connectivity index (χ0n) is 14.6. The lowest BCUT2D eigenvalue weighted by atomic mass is 10.1.